The zero-order chi connectivity index (χ0) is 6.97. The summed E-state index contributed by atoms with van der Waals surface area (Å²) in [5.74, 6) is 0. The second kappa shape index (κ2) is 2.82. The van der Waals surface area contributed by atoms with Gasteiger partial charge >= 0.3 is 0 Å². The van der Waals surface area contributed by atoms with Gasteiger partial charge in [-0.15, -0.1) is 0 Å². The SMILES string of the molecule is BrC1C[CH]CCN1C1CC1. The van der Waals surface area contributed by atoms with Gasteiger partial charge in [0, 0.05) is 6.04 Å². The highest BCUT2D eigenvalue weighted by Gasteiger charge is 2.33. The molecule has 1 aliphatic heterocycles. The summed E-state index contributed by atoms with van der Waals surface area (Å²) in [6.45, 7) is 1.28. The predicted molar refractivity (Wildman–Crippen MR) is 46.0 cm³/mol. The molecule has 0 aromatic rings. The first kappa shape index (κ1) is 7.11. The Morgan fingerprint density at radius 1 is 1.40 bits per heavy atom. The van der Waals surface area contributed by atoms with Gasteiger partial charge < -0.3 is 0 Å². The molecule has 57 valence electrons. The Labute approximate surface area is 70.9 Å². The van der Waals surface area contributed by atoms with Crippen LogP contribution in [0.1, 0.15) is 25.7 Å². The molecule has 1 saturated heterocycles. The van der Waals surface area contributed by atoms with E-state index in [4.69, 9.17) is 0 Å². The number of alkyl halides is 1. The van der Waals surface area contributed by atoms with Crippen molar-refractivity contribution in [3.05, 3.63) is 6.42 Å². The van der Waals surface area contributed by atoms with E-state index < -0.39 is 0 Å². The lowest BCUT2D eigenvalue weighted by Gasteiger charge is -2.31. The molecule has 1 nitrogen and oxygen atoms in total. The molecular weight excluding hydrogens is 190 g/mol. The molecule has 1 heterocycles. The van der Waals surface area contributed by atoms with E-state index in [1.54, 1.807) is 0 Å². The molecule has 1 radical (unpaired) electrons. The van der Waals surface area contributed by atoms with Gasteiger partial charge in [-0.3, -0.25) is 4.90 Å². The highest BCUT2D eigenvalue weighted by atomic mass is 79.9. The monoisotopic (exact) mass is 202 g/mol. The van der Waals surface area contributed by atoms with Crippen molar-refractivity contribution in [1.29, 1.82) is 0 Å². The van der Waals surface area contributed by atoms with E-state index in [-0.39, 0.29) is 0 Å². The van der Waals surface area contributed by atoms with Crippen molar-refractivity contribution in [2.24, 2.45) is 0 Å². The lowest BCUT2D eigenvalue weighted by molar-refractivity contribution is 0.225. The summed E-state index contributed by atoms with van der Waals surface area (Å²) in [6, 6.07) is 0.929. The Hall–Kier alpha value is 0.440. The van der Waals surface area contributed by atoms with Gasteiger partial charge in [-0.05, 0) is 38.6 Å². The molecule has 2 rings (SSSR count). The van der Waals surface area contributed by atoms with Crippen molar-refractivity contribution < 1.29 is 0 Å². The smallest absolute Gasteiger partial charge is 0.0660 e. The number of hydrogen-bond donors (Lipinski definition) is 0. The summed E-state index contributed by atoms with van der Waals surface area (Å²) in [7, 11) is 0. The van der Waals surface area contributed by atoms with Crippen LogP contribution in [-0.4, -0.2) is 22.4 Å². The predicted octanol–water partition coefficient (Wildman–Crippen LogP) is 2.17. The minimum absolute atomic E-state index is 0.647. The Morgan fingerprint density at radius 2 is 2.20 bits per heavy atom. The van der Waals surface area contributed by atoms with E-state index in [0.29, 0.717) is 4.95 Å². The van der Waals surface area contributed by atoms with Gasteiger partial charge in [0.1, 0.15) is 0 Å². The molecule has 0 aromatic carbocycles. The van der Waals surface area contributed by atoms with Crippen LogP contribution in [0.3, 0.4) is 0 Å². The third-order valence-corrected chi connectivity index (χ3v) is 3.23. The molecule has 0 N–H and O–H groups in total. The summed E-state index contributed by atoms with van der Waals surface area (Å²) >= 11 is 3.69. The first-order chi connectivity index (χ1) is 4.88. The number of nitrogens with zero attached hydrogens (tertiary/aromatic N) is 1. The average molecular weight is 203 g/mol. The zero-order valence-corrected chi connectivity index (χ0v) is 7.68. The van der Waals surface area contributed by atoms with E-state index in [0.717, 1.165) is 6.04 Å². The molecule has 0 amide bonds. The lowest BCUT2D eigenvalue weighted by atomic mass is 10.1. The number of hydrogen-bond acceptors (Lipinski definition) is 1. The highest BCUT2D eigenvalue weighted by Crippen LogP contribution is 2.34. The van der Waals surface area contributed by atoms with Gasteiger partial charge in [-0.2, -0.15) is 0 Å². The van der Waals surface area contributed by atoms with Crippen molar-refractivity contribution in [2.75, 3.05) is 6.54 Å². The molecular formula is C8H13BrN. The molecule has 1 atom stereocenters. The fraction of sp³-hybridized carbons (Fsp3) is 0.875. The summed E-state index contributed by atoms with van der Waals surface area (Å²) in [5, 5.41) is 0. The standard InChI is InChI=1S/C8H13BrN/c9-8-3-1-2-6-10(8)7-4-5-7/h1,7-8H,2-6H2. The van der Waals surface area contributed by atoms with E-state index in [2.05, 4.69) is 27.3 Å². The Kier molecular flexibility index (Phi) is 2.01. The van der Waals surface area contributed by atoms with Crippen LogP contribution in [0.4, 0.5) is 0 Å². The van der Waals surface area contributed by atoms with Crippen molar-refractivity contribution in [3.8, 4) is 0 Å². The second-order valence-corrected chi connectivity index (χ2v) is 4.27. The van der Waals surface area contributed by atoms with E-state index in [1.807, 2.05) is 0 Å². The summed E-state index contributed by atoms with van der Waals surface area (Å²) in [4.78, 5) is 3.24. The summed E-state index contributed by atoms with van der Waals surface area (Å²) in [6.07, 6.45) is 7.78. The first-order valence-electron chi connectivity index (χ1n) is 4.09. The minimum Gasteiger partial charge on any atom is -0.288 e. The van der Waals surface area contributed by atoms with Crippen LogP contribution in [0.5, 0.6) is 0 Å². The van der Waals surface area contributed by atoms with Crippen LogP contribution in [0.2, 0.25) is 0 Å². The van der Waals surface area contributed by atoms with Crippen molar-refractivity contribution in [3.63, 3.8) is 0 Å². The third-order valence-electron chi connectivity index (χ3n) is 2.33. The van der Waals surface area contributed by atoms with E-state index in [9.17, 15) is 0 Å². The molecule has 10 heavy (non-hydrogen) atoms. The van der Waals surface area contributed by atoms with Gasteiger partial charge in [-0.25, -0.2) is 0 Å². The lowest BCUT2D eigenvalue weighted by Crippen LogP contribution is -2.37. The van der Waals surface area contributed by atoms with Crippen LogP contribution in [0.15, 0.2) is 0 Å². The van der Waals surface area contributed by atoms with E-state index >= 15 is 0 Å². The Morgan fingerprint density at radius 3 is 2.80 bits per heavy atom. The third kappa shape index (κ3) is 1.37. The maximum absolute atomic E-state index is 3.69. The Bertz CT molecular complexity index is 122. The van der Waals surface area contributed by atoms with Crippen molar-refractivity contribution in [1.82, 2.24) is 4.90 Å². The van der Waals surface area contributed by atoms with Crippen LogP contribution < -0.4 is 0 Å². The summed E-state index contributed by atoms with van der Waals surface area (Å²) in [5.41, 5.74) is 0. The number of piperidine rings is 1. The molecule has 0 spiro atoms. The average Bonchev–Trinajstić information content (AvgIpc) is 2.71. The van der Waals surface area contributed by atoms with Crippen LogP contribution in [0, 0.1) is 6.42 Å². The molecule has 0 aromatic heterocycles. The normalized spacial score (nSPS) is 36.3. The van der Waals surface area contributed by atoms with Gasteiger partial charge in [0.05, 0.1) is 4.95 Å². The van der Waals surface area contributed by atoms with Gasteiger partial charge in [0.15, 0.2) is 0 Å². The van der Waals surface area contributed by atoms with Crippen LogP contribution >= 0.6 is 15.9 Å². The quantitative estimate of drug-likeness (QED) is 0.466. The number of likely N-dealkylation sites (tertiary alicyclic amines) is 1. The Balaban J connectivity index is 1.90. The molecule has 1 aliphatic carbocycles. The van der Waals surface area contributed by atoms with Gasteiger partial charge in [0.2, 0.25) is 0 Å². The topological polar surface area (TPSA) is 3.24 Å². The fourth-order valence-electron chi connectivity index (χ4n) is 1.59. The highest BCUT2D eigenvalue weighted by molar-refractivity contribution is 9.09. The number of halogens is 1. The maximum atomic E-state index is 3.69. The first-order valence-corrected chi connectivity index (χ1v) is 5.01. The van der Waals surface area contributed by atoms with Gasteiger partial charge in [0.25, 0.3) is 0 Å². The summed E-state index contributed by atoms with van der Waals surface area (Å²) < 4.78 is 0. The molecule has 0 bridgehead atoms. The molecule has 1 saturated carbocycles. The molecule has 2 fully saturated rings. The molecule has 1 unspecified atom stereocenters. The number of rotatable bonds is 1. The van der Waals surface area contributed by atoms with Crippen molar-refractivity contribution >= 4 is 15.9 Å². The zero-order valence-electron chi connectivity index (χ0n) is 6.09. The second-order valence-electron chi connectivity index (χ2n) is 3.22. The molecule has 2 heteroatoms. The minimum atomic E-state index is 0.647. The van der Waals surface area contributed by atoms with E-state index in [1.165, 1.54) is 32.2 Å². The largest absolute Gasteiger partial charge is 0.288 e. The fourth-order valence-corrected chi connectivity index (χ4v) is 2.39. The van der Waals surface area contributed by atoms with Crippen LogP contribution in [-0.2, 0) is 0 Å². The van der Waals surface area contributed by atoms with Gasteiger partial charge in [-0.1, -0.05) is 15.9 Å². The maximum Gasteiger partial charge on any atom is 0.0660 e. The van der Waals surface area contributed by atoms with Crippen LogP contribution in [0.25, 0.3) is 0 Å². The van der Waals surface area contributed by atoms with Crippen molar-refractivity contribution in [2.45, 2.75) is 36.7 Å². The molecule has 2 aliphatic rings.